The highest BCUT2D eigenvalue weighted by Gasteiger charge is 2.10. The van der Waals surface area contributed by atoms with Crippen molar-refractivity contribution in [3.05, 3.63) is 23.8 Å². The molecular weight excluding hydrogens is 254 g/mol. The molecule has 0 aliphatic rings. The van der Waals surface area contributed by atoms with Crippen LogP contribution in [0.1, 0.15) is 30.6 Å². The summed E-state index contributed by atoms with van der Waals surface area (Å²) in [5, 5.41) is 2.90. The van der Waals surface area contributed by atoms with Gasteiger partial charge in [-0.15, -0.1) is 0 Å². The van der Waals surface area contributed by atoms with Crippen molar-refractivity contribution in [2.24, 2.45) is 0 Å². The molecule has 0 aliphatic carbocycles. The third-order valence-electron chi connectivity index (χ3n) is 3.20. The highest BCUT2D eigenvalue weighted by atomic mass is 16.5. The number of nitrogens with one attached hydrogen (secondary N) is 1. The molecule has 0 unspecified atom stereocenters. The molecule has 3 N–H and O–H groups in total. The van der Waals surface area contributed by atoms with Crippen molar-refractivity contribution in [3.8, 4) is 5.75 Å². The van der Waals surface area contributed by atoms with E-state index < -0.39 is 0 Å². The lowest BCUT2D eigenvalue weighted by atomic mass is 10.1. The van der Waals surface area contributed by atoms with Crippen LogP contribution in [0.4, 0.5) is 5.69 Å². The second-order valence-corrected chi connectivity index (χ2v) is 4.64. The van der Waals surface area contributed by atoms with E-state index in [0.717, 1.165) is 26.1 Å². The van der Waals surface area contributed by atoms with Crippen LogP contribution in [0.5, 0.6) is 5.75 Å². The summed E-state index contributed by atoms with van der Waals surface area (Å²) < 4.78 is 5.07. The smallest absolute Gasteiger partial charge is 0.253 e. The first kappa shape index (κ1) is 16.3. The average molecular weight is 279 g/mol. The van der Waals surface area contributed by atoms with Gasteiger partial charge >= 0.3 is 0 Å². The highest BCUT2D eigenvalue weighted by Crippen LogP contribution is 2.19. The summed E-state index contributed by atoms with van der Waals surface area (Å²) in [5.41, 5.74) is 6.78. The van der Waals surface area contributed by atoms with Crippen LogP contribution in [0.2, 0.25) is 0 Å². The molecule has 0 aliphatic heterocycles. The van der Waals surface area contributed by atoms with Crippen molar-refractivity contribution in [1.82, 2.24) is 10.2 Å². The zero-order valence-corrected chi connectivity index (χ0v) is 12.6. The van der Waals surface area contributed by atoms with E-state index in [0.29, 0.717) is 23.5 Å². The summed E-state index contributed by atoms with van der Waals surface area (Å²) in [6.45, 7) is 7.80. The predicted octanol–water partition coefficient (Wildman–Crippen LogP) is 1.74. The fourth-order valence-corrected chi connectivity index (χ4v) is 2.04. The predicted molar refractivity (Wildman–Crippen MR) is 82.1 cm³/mol. The van der Waals surface area contributed by atoms with Crippen molar-refractivity contribution >= 4 is 11.6 Å². The van der Waals surface area contributed by atoms with Gasteiger partial charge in [0, 0.05) is 24.8 Å². The fraction of sp³-hybridized carbons (Fsp3) is 0.533. The summed E-state index contributed by atoms with van der Waals surface area (Å²) in [7, 11) is 1.57. The number of hydrogen-bond donors (Lipinski definition) is 2. The number of nitrogens with zero attached hydrogens (tertiary/aromatic N) is 1. The van der Waals surface area contributed by atoms with Crippen LogP contribution in [-0.2, 0) is 0 Å². The first-order valence-corrected chi connectivity index (χ1v) is 7.06. The fourth-order valence-electron chi connectivity index (χ4n) is 2.04. The Balaban J connectivity index is 2.50. The molecule has 0 bridgehead atoms. The largest absolute Gasteiger partial charge is 0.497 e. The van der Waals surface area contributed by atoms with Crippen molar-refractivity contribution in [3.63, 3.8) is 0 Å². The Morgan fingerprint density at radius 1 is 1.35 bits per heavy atom. The number of nitrogen functional groups attached to an aromatic ring is 1. The number of benzene rings is 1. The van der Waals surface area contributed by atoms with Gasteiger partial charge in [0.2, 0.25) is 0 Å². The number of ether oxygens (including phenoxy) is 1. The SMILES string of the molecule is CCCN(CC)CCNC(=O)c1ccc(OC)cc1N. The third kappa shape index (κ3) is 4.74. The van der Waals surface area contributed by atoms with Crippen LogP contribution >= 0.6 is 0 Å². The van der Waals surface area contributed by atoms with Crippen LogP contribution in [0.3, 0.4) is 0 Å². The van der Waals surface area contributed by atoms with Gasteiger partial charge in [-0.25, -0.2) is 0 Å². The van der Waals surface area contributed by atoms with E-state index in [4.69, 9.17) is 10.5 Å². The molecule has 0 heterocycles. The topological polar surface area (TPSA) is 67.6 Å². The molecule has 5 heteroatoms. The molecule has 0 saturated heterocycles. The molecule has 1 aromatic rings. The second-order valence-electron chi connectivity index (χ2n) is 4.64. The van der Waals surface area contributed by atoms with Gasteiger partial charge in [0.1, 0.15) is 5.75 Å². The van der Waals surface area contributed by atoms with E-state index in [2.05, 4.69) is 24.1 Å². The minimum atomic E-state index is -0.141. The number of amides is 1. The van der Waals surface area contributed by atoms with E-state index in [1.54, 1.807) is 25.3 Å². The molecule has 1 rings (SSSR count). The number of rotatable bonds is 8. The molecule has 20 heavy (non-hydrogen) atoms. The Bertz CT molecular complexity index is 435. The number of carbonyl (C=O) groups excluding carboxylic acids is 1. The van der Waals surface area contributed by atoms with E-state index in [-0.39, 0.29) is 5.91 Å². The Hall–Kier alpha value is -1.75. The van der Waals surface area contributed by atoms with Gasteiger partial charge < -0.3 is 20.7 Å². The van der Waals surface area contributed by atoms with Crippen molar-refractivity contribution in [1.29, 1.82) is 0 Å². The lowest BCUT2D eigenvalue weighted by Gasteiger charge is -2.19. The van der Waals surface area contributed by atoms with Crippen molar-refractivity contribution in [2.75, 3.05) is 39.0 Å². The summed E-state index contributed by atoms with van der Waals surface area (Å²) in [5.74, 6) is 0.511. The van der Waals surface area contributed by atoms with Crippen molar-refractivity contribution in [2.45, 2.75) is 20.3 Å². The number of likely N-dealkylation sites (N-methyl/N-ethyl adjacent to an activating group) is 1. The monoisotopic (exact) mass is 279 g/mol. The normalized spacial score (nSPS) is 10.6. The number of hydrogen-bond acceptors (Lipinski definition) is 4. The molecule has 1 amide bonds. The second kappa shape index (κ2) is 8.43. The molecule has 5 nitrogen and oxygen atoms in total. The van der Waals surface area contributed by atoms with E-state index in [9.17, 15) is 4.79 Å². The lowest BCUT2D eigenvalue weighted by Crippen LogP contribution is -2.35. The zero-order valence-electron chi connectivity index (χ0n) is 12.6. The Morgan fingerprint density at radius 2 is 2.10 bits per heavy atom. The lowest BCUT2D eigenvalue weighted by molar-refractivity contribution is 0.0949. The standard InChI is InChI=1S/C15H25N3O2/c1-4-9-18(5-2)10-8-17-15(19)13-7-6-12(20-3)11-14(13)16/h6-7,11H,4-5,8-10,16H2,1-3H3,(H,17,19). The molecule has 0 radical (unpaired) electrons. The summed E-state index contributed by atoms with van der Waals surface area (Å²) in [6, 6.07) is 5.08. The van der Waals surface area contributed by atoms with Gasteiger partial charge in [0.25, 0.3) is 5.91 Å². The third-order valence-corrected chi connectivity index (χ3v) is 3.20. The average Bonchev–Trinajstić information content (AvgIpc) is 2.45. The molecule has 0 aromatic heterocycles. The maximum atomic E-state index is 12.0. The number of nitrogens with two attached hydrogens (primary N) is 1. The molecule has 1 aromatic carbocycles. The Morgan fingerprint density at radius 3 is 2.65 bits per heavy atom. The number of methoxy groups -OCH3 is 1. The van der Waals surface area contributed by atoms with Crippen LogP contribution < -0.4 is 15.8 Å². The minimum Gasteiger partial charge on any atom is -0.497 e. The summed E-state index contributed by atoms with van der Waals surface area (Å²) in [6.07, 6.45) is 1.12. The maximum Gasteiger partial charge on any atom is 0.253 e. The molecule has 0 atom stereocenters. The van der Waals surface area contributed by atoms with Gasteiger partial charge in [-0.3, -0.25) is 4.79 Å². The zero-order chi connectivity index (χ0) is 15.0. The maximum absolute atomic E-state index is 12.0. The number of carbonyl (C=O) groups is 1. The quantitative estimate of drug-likeness (QED) is 0.711. The minimum absolute atomic E-state index is 0.141. The van der Waals surface area contributed by atoms with Crippen LogP contribution in [0.25, 0.3) is 0 Å². The number of anilines is 1. The van der Waals surface area contributed by atoms with Crippen LogP contribution in [0, 0.1) is 0 Å². The van der Waals surface area contributed by atoms with E-state index >= 15 is 0 Å². The van der Waals surface area contributed by atoms with Gasteiger partial charge in [-0.1, -0.05) is 13.8 Å². The van der Waals surface area contributed by atoms with E-state index in [1.165, 1.54) is 0 Å². The van der Waals surface area contributed by atoms with Crippen molar-refractivity contribution < 1.29 is 9.53 Å². The highest BCUT2D eigenvalue weighted by molar-refractivity contribution is 5.99. The summed E-state index contributed by atoms with van der Waals surface area (Å²) >= 11 is 0. The first-order valence-electron chi connectivity index (χ1n) is 7.06. The van der Waals surface area contributed by atoms with Gasteiger partial charge in [0.15, 0.2) is 0 Å². The Labute approximate surface area is 121 Å². The Kier molecular flexibility index (Phi) is 6.87. The molecular formula is C15H25N3O2. The molecule has 0 saturated carbocycles. The van der Waals surface area contributed by atoms with Gasteiger partial charge in [-0.05, 0) is 31.6 Å². The summed E-state index contributed by atoms with van der Waals surface area (Å²) in [4.78, 5) is 14.3. The first-order chi connectivity index (χ1) is 9.62. The molecule has 0 spiro atoms. The van der Waals surface area contributed by atoms with E-state index in [1.807, 2.05) is 0 Å². The molecule has 112 valence electrons. The van der Waals surface area contributed by atoms with Gasteiger partial charge in [0.05, 0.1) is 12.7 Å². The molecule has 0 fully saturated rings. The van der Waals surface area contributed by atoms with Crippen LogP contribution in [-0.4, -0.2) is 44.1 Å². The van der Waals surface area contributed by atoms with Crippen LogP contribution in [0.15, 0.2) is 18.2 Å². The van der Waals surface area contributed by atoms with Gasteiger partial charge in [-0.2, -0.15) is 0 Å².